The summed E-state index contributed by atoms with van der Waals surface area (Å²) in [5, 5.41) is 0.467. The highest BCUT2D eigenvalue weighted by atomic mass is 35.5. The molecule has 0 aliphatic carbocycles. The summed E-state index contributed by atoms with van der Waals surface area (Å²) in [6.45, 7) is 5.85. The second-order valence-corrected chi connectivity index (χ2v) is 7.02. The Morgan fingerprint density at radius 3 is 2.78 bits per heavy atom. The van der Waals surface area contributed by atoms with E-state index in [2.05, 4.69) is 4.98 Å². The molecule has 1 saturated heterocycles. The van der Waals surface area contributed by atoms with Gasteiger partial charge in [0.25, 0.3) is 0 Å². The van der Waals surface area contributed by atoms with E-state index in [9.17, 15) is 9.59 Å². The normalized spacial score (nSPS) is 18.7. The Bertz CT molecular complexity index is 600. The molecule has 2 amide bonds. The molecule has 0 aromatic carbocycles. The number of piperidine rings is 1. The van der Waals surface area contributed by atoms with E-state index in [1.807, 2.05) is 20.8 Å². The van der Waals surface area contributed by atoms with Crippen molar-refractivity contribution in [3.63, 3.8) is 0 Å². The topological polar surface area (TPSA) is 62.7 Å². The highest BCUT2D eigenvalue weighted by molar-refractivity contribution is 6.33. The average Bonchev–Trinajstić information content (AvgIpc) is 2.46. The molecule has 23 heavy (non-hydrogen) atoms. The van der Waals surface area contributed by atoms with Gasteiger partial charge in [0.2, 0.25) is 5.91 Å². The van der Waals surface area contributed by atoms with Gasteiger partial charge in [-0.25, -0.2) is 4.79 Å². The van der Waals surface area contributed by atoms with Crippen LogP contribution in [0.3, 0.4) is 0 Å². The molecule has 0 spiro atoms. The summed E-state index contributed by atoms with van der Waals surface area (Å²) < 4.78 is 5.39. The van der Waals surface area contributed by atoms with E-state index in [0.29, 0.717) is 30.1 Å². The fourth-order valence-electron chi connectivity index (χ4n) is 2.43. The Labute approximate surface area is 141 Å². The number of halogens is 1. The van der Waals surface area contributed by atoms with Crippen molar-refractivity contribution in [2.24, 2.45) is 0 Å². The number of carbonyl (C=O) groups is 2. The summed E-state index contributed by atoms with van der Waals surface area (Å²) in [6.07, 6.45) is 3.70. The molecule has 6 nitrogen and oxygen atoms in total. The Morgan fingerprint density at radius 1 is 1.48 bits per heavy atom. The van der Waals surface area contributed by atoms with E-state index in [-0.39, 0.29) is 11.9 Å². The van der Waals surface area contributed by atoms with Gasteiger partial charge in [0, 0.05) is 26.2 Å². The SMILES string of the molecule is CN(C(=O)OC(C)(C)C)C1CCC(=O)N(c2cnccc2Cl)C1. The third kappa shape index (κ3) is 4.34. The van der Waals surface area contributed by atoms with E-state index in [0.717, 1.165) is 0 Å². The molecule has 1 aromatic heterocycles. The van der Waals surface area contributed by atoms with E-state index in [4.69, 9.17) is 16.3 Å². The van der Waals surface area contributed by atoms with Crippen LogP contribution in [0.2, 0.25) is 5.02 Å². The minimum atomic E-state index is -0.553. The van der Waals surface area contributed by atoms with Crippen molar-refractivity contribution in [1.29, 1.82) is 0 Å². The molecule has 1 atom stereocenters. The maximum Gasteiger partial charge on any atom is 0.410 e. The minimum absolute atomic E-state index is 0.0197. The summed E-state index contributed by atoms with van der Waals surface area (Å²) in [5.74, 6) is -0.0197. The smallest absolute Gasteiger partial charge is 0.410 e. The Balaban J connectivity index is 2.13. The molecule has 1 fully saturated rings. The molecule has 2 rings (SSSR count). The standard InChI is InChI=1S/C16H22ClN3O3/c1-16(2,3)23-15(22)19(4)11-5-6-14(21)20(10-11)13-9-18-8-7-12(13)17/h7-9,11H,5-6,10H2,1-4H3. The lowest BCUT2D eigenvalue weighted by atomic mass is 10.0. The van der Waals surface area contributed by atoms with Crippen LogP contribution in [0.5, 0.6) is 0 Å². The first-order valence-electron chi connectivity index (χ1n) is 7.55. The van der Waals surface area contributed by atoms with Gasteiger partial charge in [-0.2, -0.15) is 0 Å². The van der Waals surface area contributed by atoms with Crippen LogP contribution in [-0.2, 0) is 9.53 Å². The maximum absolute atomic E-state index is 12.2. The zero-order chi connectivity index (χ0) is 17.2. The quantitative estimate of drug-likeness (QED) is 0.830. The third-order valence-electron chi connectivity index (χ3n) is 3.65. The number of nitrogens with zero attached hydrogens (tertiary/aromatic N) is 3. The predicted molar refractivity (Wildman–Crippen MR) is 88.6 cm³/mol. The number of hydrogen-bond acceptors (Lipinski definition) is 4. The fraction of sp³-hybridized carbons (Fsp3) is 0.562. The minimum Gasteiger partial charge on any atom is -0.444 e. The number of amides is 2. The van der Waals surface area contributed by atoms with Crippen LogP contribution in [0.15, 0.2) is 18.5 Å². The molecular formula is C16H22ClN3O3. The second kappa shape index (κ2) is 6.74. The van der Waals surface area contributed by atoms with Crippen LogP contribution < -0.4 is 4.90 Å². The number of pyridine rings is 1. The van der Waals surface area contributed by atoms with E-state index < -0.39 is 11.7 Å². The molecule has 1 aliphatic heterocycles. The maximum atomic E-state index is 12.2. The number of aromatic nitrogens is 1. The average molecular weight is 340 g/mol. The molecule has 0 bridgehead atoms. The highest BCUT2D eigenvalue weighted by Crippen LogP contribution is 2.29. The largest absolute Gasteiger partial charge is 0.444 e. The second-order valence-electron chi connectivity index (χ2n) is 6.62. The predicted octanol–water partition coefficient (Wildman–Crippen LogP) is 3.10. The van der Waals surface area contributed by atoms with Crippen molar-refractivity contribution in [2.75, 3.05) is 18.5 Å². The van der Waals surface area contributed by atoms with Gasteiger partial charge >= 0.3 is 6.09 Å². The molecule has 0 N–H and O–H groups in total. The van der Waals surface area contributed by atoms with Crippen LogP contribution >= 0.6 is 11.6 Å². The van der Waals surface area contributed by atoms with Gasteiger partial charge in [-0.1, -0.05) is 11.6 Å². The first kappa shape index (κ1) is 17.5. The zero-order valence-electron chi connectivity index (χ0n) is 13.9. The Kier molecular flexibility index (Phi) is 5.14. The number of rotatable bonds is 2. The Morgan fingerprint density at radius 2 is 2.17 bits per heavy atom. The molecule has 1 aliphatic rings. The lowest BCUT2D eigenvalue weighted by Gasteiger charge is -2.38. The molecule has 0 radical (unpaired) electrons. The number of carbonyl (C=O) groups excluding carboxylic acids is 2. The fourth-order valence-corrected chi connectivity index (χ4v) is 2.64. The van der Waals surface area contributed by atoms with Gasteiger partial charge in [0.1, 0.15) is 5.60 Å². The third-order valence-corrected chi connectivity index (χ3v) is 3.97. The molecule has 126 valence electrons. The van der Waals surface area contributed by atoms with Crippen molar-refractivity contribution in [2.45, 2.75) is 45.3 Å². The summed E-state index contributed by atoms with van der Waals surface area (Å²) in [5.41, 5.74) is 0.0174. The van der Waals surface area contributed by atoms with Gasteiger partial charge in [-0.05, 0) is 33.3 Å². The van der Waals surface area contributed by atoms with Gasteiger partial charge in [-0.15, -0.1) is 0 Å². The van der Waals surface area contributed by atoms with Crippen LogP contribution in [0.25, 0.3) is 0 Å². The molecule has 1 unspecified atom stereocenters. The molecule has 0 saturated carbocycles. The van der Waals surface area contributed by atoms with Crippen LogP contribution in [-0.4, -0.2) is 47.1 Å². The number of hydrogen-bond donors (Lipinski definition) is 0. The van der Waals surface area contributed by atoms with Crippen LogP contribution in [0, 0.1) is 0 Å². The summed E-state index contributed by atoms with van der Waals surface area (Å²) in [6, 6.07) is 1.52. The number of likely N-dealkylation sites (N-methyl/N-ethyl adjacent to an activating group) is 1. The van der Waals surface area contributed by atoms with Crippen molar-refractivity contribution in [1.82, 2.24) is 9.88 Å². The van der Waals surface area contributed by atoms with E-state index in [1.165, 1.54) is 0 Å². The van der Waals surface area contributed by atoms with Crippen LogP contribution in [0.1, 0.15) is 33.6 Å². The first-order valence-corrected chi connectivity index (χ1v) is 7.92. The highest BCUT2D eigenvalue weighted by Gasteiger charge is 2.33. The lowest BCUT2D eigenvalue weighted by molar-refractivity contribution is -0.120. The monoisotopic (exact) mass is 339 g/mol. The van der Waals surface area contributed by atoms with Gasteiger partial charge < -0.3 is 14.5 Å². The number of ether oxygens (including phenoxy) is 1. The van der Waals surface area contributed by atoms with Gasteiger partial charge in [0.15, 0.2) is 0 Å². The van der Waals surface area contributed by atoms with E-state index >= 15 is 0 Å². The molecule has 7 heteroatoms. The van der Waals surface area contributed by atoms with Crippen molar-refractivity contribution in [3.05, 3.63) is 23.5 Å². The number of anilines is 1. The molecule has 1 aromatic rings. The van der Waals surface area contributed by atoms with Gasteiger partial charge in [0.05, 0.1) is 22.9 Å². The Hall–Kier alpha value is -1.82. The van der Waals surface area contributed by atoms with Crippen molar-refractivity contribution < 1.29 is 14.3 Å². The summed E-state index contributed by atoms with van der Waals surface area (Å²) in [4.78, 5) is 31.6. The molecular weight excluding hydrogens is 318 g/mol. The van der Waals surface area contributed by atoms with Crippen molar-refractivity contribution in [3.8, 4) is 0 Å². The van der Waals surface area contributed by atoms with Gasteiger partial charge in [-0.3, -0.25) is 9.78 Å². The van der Waals surface area contributed by atoms with E-state index in [1.54, 1.807) is 35.3 Å². The summed E-state index contributed by atoms with van der Waals surface area (Å²) >= 11 is 6.16. The first-order chi connectivity index (χ1) is 10.7. The molecule has 2 heterocycles. The van der Waals surface area contributed by atoms with Crippen LogP contribution in [0.4, 0.5) is 10.5 Å². The lowest BCUT2D eigenvalue weighted by Crippen LogP contribution is -2.51. The van der Waals surface area contributed by atoms with Crippen molar-refractivity contribution >= 4 is 29.3 Å². The summed E-state index contributed by atoms with van der Waals surface area (Å²) in [7, 11) is 1.69. The zero-order valence-corrected chi connectivity index (χ0v) is 14.6.